The van der Waals surface area contributed by atoms with Crippen LogP contribution in [0.1, 0.15) is 28.4 Å². The summed E-state index contributed by atoms with van der Waals surface area (Å²) in [6, 6.07) is 12.7. The van der Waals surface area contributed by atoms with E-state index in [0.717, 1.165) is 26.2 Å². The normalized spacial score (nSPS) is 13.3. The van der Waals surface area contributed by atoms with Crippen molar-refractivity contribution in [2.45, 2.75) is 20.8 Å². The Bertz CT molecular complexity index is 1330. The van der Waals surface area contributed by atoms with Gasteiger partial charge in [0.15, 0.2) is 0 Å². The number of nitrogens with zero attached hydrogens (tertiary/aromatic N) is 3. The highest BCUT2D eigenvalue weighted by Gasteiger charge is 2.22. The fraction of sp³-hybridized carbons (Fsp3) is 0.333. The Morgan fingerprint density at radius 2 is 1.64 bits per heavy atom. The summed E-state index contributed by atoms with van der Waals surface area (Å²) in [6.07, 6.45) is 0. The third-order valence-electron chi connectivity index (χ3n) is 6.20. The number of pyridine rings is 1. The zero-order valence-electron chi connectivity index (χ0n) is 20.2. The molecule has 2 heterocycles. The molecule has 0 bridgehead atoms. The van der Waals surface area contributed by atoms with Gasteiger partial charge in [0.05, 0.1) is 16.8 Å². The van der Waals surface area contributed by atoms with Crippen LogP contribution in [-0.4, -0.2) is 56.4 Å². The van der Waals surface area contributed by atoms with Crippen LogP contribution in [0.5, 0.6) is 0 Å². The number of anilines is 3. The highest BCUT2D eigenvalue weighted by atomic mass is 35.5. The maximum Gasteiger partial charge on any atom is 0.336 e. The Morgan fingerprint density at radius 3 is 2.25 bits per heavy atom. The van der Waals surface area contributed by atoms with E-state index < -0.39 is 16.0 Å². The van der Waals surface area contributed by atoms with Crippen molar-refractivity contribution in [1.82, 2.24) is 4.98 Å². The third kappa shape index (κ3) is 6.64. The summed E-state index contributed by atoms with van der Waals surface area (Å²) in [6.45, 7) is 8.85. The number of halogens is 3. The lowest BCUT2D eigenvalue weighted by molar-refractivity contribution is 0.0699. The number of aryl methyl sites for hydroxylation is 1. The van der Waals surface area contributed by atoms with Gasteiger partial charge in [0.25, 0.3) is 0 Å². The van der Waals surface area contributed by atoms with E-state index in [1.807, 2.05) is 0 Å². The molecule has 36 heavy (non-hydrogen) atoms. The van der Waals surface area contributed by atoms with E-state index in [4.69, 9.17) is 4.98 Å². The van der Waals surface area contributed by atoms with Crippen molar-refractivity contribution in [3.63, 3.8) is 0 Å². The summed E-state index contributed by atoms with van der Waals surface area (Å²) in [7, 11) is -3.46. The first-order chi connectivity index (χ1) is 15.7. The van der Waals surface area contributed by atoms with Crippen LogP contribution in [0.15, 0.2) is 42.5 Å². The van der Waals surface area contributed by atoms with Crippen molar-refractivity contribution in [2.75, 3.05) is 46.5 Å². The average Bonchev–Trinajstić information content (AvgIpc) is 2.80. The average molecular weight is 578 g/mol. The fourth-order valence-electron chi connectivity index (χ4n) is 4.12. The van der Waals surface area contributed by atoms with Crippen molar-refractivity contribution in [3.05, 3.63) is 59.2 Å². The van der Waals surface area contributed by atoms with Crippen molar-refractivity contribution in [1.29, 1.82) is 0 Å². The Morgan fingerprint density at radius 1 is 1.00 bits per heavy atom. The maximum atomic E-state index is 12.0. The number of benzene rings is 2. The molecule has 2 N–H and O–H groups in total. The lowest BCUT2D eigenvalue weighted by Crippen LogP contribution is -2.47. The molecular weight excluding hydrogens is 547 g/mol. The first-order valence-electron chi connectivity index (χ1n) is 10.9. The molecule has 1 saturated heterocycles. The number of rotatable bonds is 6. The number of sulfonamides is 1. The molecule has 12 heteroatoms. The molecule has 0 spiro atoms. The number of carboxylic acid groups (broad SMARTS) is 1. The quantitative estimate of drug-likeness (QED) is 0.429. The van der Waals surface area contributed by atoms with E-state index in [9.17, 15) is 18.3 Å². The Hall–Kier alpha value is -2.46. The van der Waals surface area contributed by atoms with E-state index in [1.54, 1.807) is 25.1 Å². The molecule has 1 aromatic heterocycles. The van der Waals surface area contributed by atoms with Crippen molar-refractivity contribution >= 4 is 81.3 Å². The topological polar surface area (TPSA) is 103 Å². The number of carbonyl (C=O) groups is 1. The minimum atomic E-state index is -3.46. The largest absolute Gasteiger partial charge is 0.478 e. The second kappa shape index (κ2) is 12.7. The second-order valence-electron chi connectivity index (χ2n) is 8.26. The predicted molar refractivity (Wildman–Crippen MR) is 154 cm³/mol. The molecule has 0 aliphatic carbocycles. The summed E-state index contributed by atoms with van der Waals surface area (Å²) in [5.74, 6) is -0.530. The minimum Gasteiger partial charge on any atom is -0.478 e. The predicted octanol–water partition coefficient (Wildman–Crippen LogP) is 4.90. The van der Waals surface area contributed by atoms with E-state index in [1.165, 1.54) is 22.9 Å². The van der Waals surface area contributed by atoms with Gasteiger partial charge >= 0.3 is 5.97 Å². The molecule has 0 unspecified atom stereocenters. The first kappa shape index (κ1) is 31.6. The Labute approximate surface area is 230 Å². The summed E-state index contributed by atoms with van der Waals surface area (Å²) < 4.78 is 26.3. The van der Waals surface area contributed by atoms with Gasteiger partial charge in [-0.05, 0) is 62.2 Å². The van der Waals surface area contributed by atoms with Crippen molar-refractivity contribution in [2.24, 2.45) is 0 Å². The Kier molecular flexibility index (Phi) is 11.1. The molecule has 8 nitrogen and oxygen atoms in total. The summed E-state index contributed by atoms with van der Waals surface area (Å²) in [4.78, 5) is 21.2. The van der Waals surface area contributed by atoms with Crippen molar-refractivity contribution in [3.8, 4) is 0 Å². The van der Waals surface area contributed by atoms with Crippen molar-refractivity contribution < 1.29 is 18.3 Å². The zero-order valence-corrected chi connectivity index (χ0v) is 23.5. The summed E-state index contributed by atoms with van der Waals surface area (Å²) in [5.41, 5.74) is 4.71. The van der Waals surface area contributed by atoms with Gasteiger partial charge in [-0.3, -0.25) is 4.72 Å². The van der Waals surface area contributed by atoms with Crippen LogP contribution >= 0.6 is 37.2 Å². The van der Waals surface area contributed by atoms with E-state index in [0.29, 0.717) is 22.4 Å². The van der Waals surface area contributed by atoms with Crippen LogP contribution in [0.3, 0.4) is 0 Å². The van der Waals surface area contributed by atoms with Gasteiger partial charge in [-0.15, -0.1) is 37.2 Å². The molecule has 198 valence electrons. The fourth-order valence-corrected chi connectivity index (χ4v) is 4.75. The van der Waals surface area contributed by atoms with Gasteiger partial charge in [-0.25, -0.2) is 18.2 Å². The molecule has 4 rings (SSSR count). The Balaban J connectivity index is 0.00000216. The number of carboxylic acids is 1. The number of fused-ring (bicyclic) bond motifs is 1. The van der Waals surface area contributed by atoms with Crippen LogP contribution in [0, 0.1) is 13.8 Å². The smallest absolute Gasteiger partial charge is 0.336 e. The first-order valence-corrected chi connectivity index (χ1v) is 12.6. The molecule has 0 saturated carbocycles. The molecule has 0 atom stereocenters. The minimum absolute atomic E-state index is 0. The van der Waals surface area contributed by atoms with E-state index in [-0.39, 0.29) is 48.5 Å². The van der Waals surface area contributed by atoms with Crippen LogP contribution in [-0.2, 0) is 10.0 Å². The third-order valence-corrected chi connectivity index (χ3v) is 7.51. The number of hydrogen-bond acceptors (Lipinski definition) is 6. The number of piperazine rings is 1. The van der Waals surface area contributed by atoms with E-state index in [2.05, 4.69) is 46.6 Å². The van der Waals surface area contributed by atoms with Crippen LogP contribution in [0.25, 0.3) is 10.9 Å². The van der Waals surface area contributed by atoms with Gasteiger partial charge in [0, 0.05) is 42.9 Å². The van der Waals surface area contributed by atoms with Gasteiger partial charge in [0.1, 0.15) is 5.82 Å². The molecule has 3 aromatic rings. The molecule has 0 radical (unpaired) electrons. The summed E-state index contributed by atoms with van der Waals surface area (Å²) in [5, 5.41) is 10.2. The van der Waals surface area contributed by atoms with Gasteiger partial charge in [0.2, 0.25) is 10.0 Å². The van der Waals surface area contributed by atoms with Crippen LogP contribution in [0.4, 0.5) is 17.2 Å². The lowest BCUT2D eigenvalue weighted by Gasteiger charge is -2.37. The molecule has 0 amide bonds. The monoisotopic (exact) mass is 576 g/mol. The standard InChI is InChI=1S/C24H28N4O4S.3ClH/c1-4-33(31,32)26-18-8-9-21-19(14-18)20(24(29)30)15-23(25-21)28-12-10-27(11-13-28)22-7-5-6-16(2)17(22)3;;;/h5-9,14-15,26H,4,10-13H2,1-3H3,(H,29,30);3*1H. The molecule has 1 aliphatic heterocycles. The highest BCUT2D eigenvalue weighted by Crippen LogP contribution is 2.29. The zero-order chi connectivity index (χ0) is 23.8. The van der Waals surface area contributed by atoms with Crippen LogP contribution in [0.2, 0.25) is 0 Å². The molecule has 2 aromatic carbocycles. The van der Waals surface area contributed by atoms with Gasteiger partial charge in [-0.1, -0.05) is 12.1 Å². The number of hydrogen-bond donors (Lipinski definition) is 2. The molecule has 1 fully saturated rings. The highest BCUT2D eigenvalue weighted by molar-refractivity contribution is 7.92. The second-order valence-corrected chi connectivity index (χ2v) is 10.3. The summed E-state index contributed by atoms with van der Waals surface area (Å²) >= 11 is 0. The number of nitrogens with one attached hydrogen (secondary N) is 1. The van der Waals surface area contributed by atoms with Gasteiger partial charge < -0.3 is 14.9 Å². The number of aromatic nitrogens is 1. The number of aromatic carboxylic acids is 1. The lowest BCUT2D eigenvalue weighted by atomic mass is 10.1. The SMILES string of the molecule is CCS(=O)(=O)Nc1ccc2nc(N3CCN(c4cccc(C)c4C)CC3)cc(C(=O)O)c2c1.Cl.Cl.Cl. The molecular formula is C24H31Cl3N4O4S. The maximum absolute atomic E-state index is 12.0. The van der Waals surface area contributed by atoms with Crippen LogP contribution < -0.4 is 14.5 Å². The molecule has 1 aliphatic rings. The van der Waals surface area contributed by atoms with Gasteiger partial charge in [-0.2, -0.15) is 0 Å². The van der Waals surface area contributed by atoms with E-state index >= 15 is 0 Å².